The zero-order valence-electron chi connectivity index (χ0n) is 18.1. The highest BCUT2D eigenvalue weighted by Crippen LogP contribution is 2.32. The van der Waals surface area contributed by atoms with Crippen LogP contribution in [0.15, 0.2) is 39.7 Å². The zero-order chi connectivity index (χ0) is 23.6. The molecule has 0 saturated heterocycles. The number of benzene rings is 1. The number of alkyl halides is 3. The predicted octanol–water partition coefficient (Wildman–Crippen LogP) is 4.43. The summed E-state index contributed by atoms with van der Waals surface area (Å²) < 4.78 is 46.7. The SMILES string of the molecule is CCC(C)n1cc(C(=O)NCc2nnc(C)o2)c(=O)c(-c2cccc(C(F)(F)F)c2)c1C. The third kappa shape index (κ3) is 4.74. The first-order valence-electron chi connectivity index (χ1n) is 10.0. The van der Waals surface area contributed by atoms with Crippen molar-refractivity contribution in [3.63, 3.8) is 0 Å². The first-order valence-corrected chi connectivity index (χ1v) is 10.0. The van der Waals surface area contributed by atoms with Gasteiger partial charge in [-0.2, -0.15) is 13.2 Å². The largest absolute Gasteiger partial charge is 0.424 e. The number of aryl methyl sites for hydroxylation is 1. The fourth-order valence-corrected chi connectivity index (χ4v) is 3.39. The first kappa shape index (κ1) is 23.2. The van der Waals surface area contributed by atoms with Crippen molar-refractivity contribution < 1.29 is 22.4 Å². The molecular weight excluding hydrogens is 425 g/mol. The molecule has 0 bridgehead atoms. The molecule has 0 fully saturated rings. The van der Waals surface area contributed by atoms with Gasteiger partial charge in [-0.3, -0.25) is 9.59 Å². The molecule has 1 unspecified atom stereocenters. The fourth-order valence-electron chi connectivity index (χ4n) is 3.39. The minimum absolute atomic E-state index is 0.0534. The van der Waals surface area contributed by atoms with Crippen LogP contribution in [0.1, 0.15) is 59.7 Å². The van der Waals surface area contributed by atoms with Gasteiger partial charge in [0, 0.05) is 30.4 Å². The summed E-state index contributed by atoms with van der Waals surface area (Å²) in [7, 11) is 0. The van der Waals surface area contributed by atoms with Crippen LogP contribution in [0.25, 0.3) is 11.1 Å². The van der Waals surface area contributed by atoms with Crippen LogP contribution in [0.2, 0.25) is 0 Å². The van der Waals surface area contributed by atoms with Crippen molar-refractivity contribution in [2.75, 3.05) is 0 Å². The van der Waals surface area contributed by atoms with Crippen LogP contribution in [-0.2, 0) is 12.7 Å². The van der Waals surface area contributed by atoms with E-state index in [2.05, 4.69) is 15.5 Å². The maximum absolute atomic E-state index is 13.3. The summed E-state index contributed by atoms with van der Waals surface area (Å²) >= 11 is 0. The maximum Gasteiger partial charge on any atom is 0.416 e. The van der Waals surface area contributed by atoms with Crippen molar-refractivity contribution in [1.82, 2.24) is 20.1 Å². The van der Waals surface area contributed by atoms with Crippen LogP contribution >= 0.6 is 0 Å². The van der Waals surface area contributed by atoms with Crippen molar-refractivity contribution >= 4 is 5.91 Å². The minimum atomic E-state index is -4.56. The van der Waals surface area contributed by atoms with Gasteiger partial charge in [0.05, 0.1) is 12.1 Å². The number of nitrogens with zero attached hydrogens (tertiary/aromatic N) is 3. The second kappa shape index (κ2) is 8.97. The van der Waals surface area contributed by atoms with Crippen LogP contribution in [0.3, 0.4) is 0 Å². The molecule has 2 heterocycles. The molecule has 0 saturated carbocycles. The first-order chi connectivity index (χ1) is 15.0. The van der Waals surface area contributed by atoms with E-state index in [4.69, 9.17) is 4.42 Å². The summed E-state index contributed by atoms with van der Waals surface area (Å²) in [5.74, 6) is -0.185. The summed E-state index contributed by atoms with van der Waals surface area (Å²) in [5, 5.41) is 10.0. The molecule has 7 nitrogen and oxygen atoms in total. The number of carbonyl (C=O) groups excluding carboxylic acids is 1. The number of hydrogen-bond donors (Lipinski definition) is 1. The highest BCUT2D eigenvalue weighted by molar-refractivity contribution is 5.95. The number of nitrogens with one attached hydrogen (secondary N) is 1. The number of pyridine rings is 1. The summed E-state index contributed by atoms with van der Waals surface area (Å²) in [6.07, 6.45) is -2.43. The molecule has 1 N–H and O–H groups in total. The normalized spacial score (nSPS) is 12.6. The van der Waals surface area contributed by atoms with Gasteiger partial charge in [-0.05, 0) is 38.0 Å². The Kier molecular flexibility index (Phi) is 6.52. The Bertz CT molecular complexity index is 1200. The lowest BCUT2D eigenvalue weighted by Gasteiger charge is -2.22. The molecule has 1 atom stereocenters. The number of amides is 1. The topological polar surface area (TPSA) is 90.0 Å². The van der Waals surface area contributed by atoms with E-state index in [0.717, 1.165) is 12.1 Å². The van der Waals surface area contributed by atoms with Crippen LogP contribution in [-0.4, -0.2) is 20.7 Å². The monoisotopic (exact) mass is 448 g/mol. The lowest BCUT2D eigenvalue weighted by molar-refractivity contribution is -0.137. The highest BCUT2D eigenvalue weighted by atomic mass is 19.4. The van der Waals surface area contributed by atoms with Gasteiger partial charge in [-0.1, -0.05) is 19.1 Å². The van der Waals surface area contributed by atoms with E-state index in [1.54, 1.807) is 18.4 Å². The smallest absolute Gasteiger partial charge is 0.416 e. The fraction of sp³-hybridized carbons (Fsp3) is 0.364. The predicted molar refractivity (Wildman–Crippen MR) is 111 cm³/mol. The van der Waals surface area contributed by atoms with Gasteiger partial charge in [0.2, 0.25) is 17.2 Å². The van der Waals surface area contributed by atoms with Crippen LogP contribution < -0.4 is 10.7 Å². The van der Waals surface area contributed by atoms with E-state index in [-0.39, 0.29) is 35.2 Å². The number of aromatic nitrogens is 3. The Morgan fingerprint density at radius 1 is 1.25 bits per heavy atom. The van der Waals surface area contributed by atoms with E-state index < -0.39 is 23.1 Å². The molecule has 170 valence electrons. The summed E-state index contributed by atoms with van der Waals surface area (Å²) in [4.78, 5) is 26.1. The zero-order valence-corrected chi connectivity index (χ0v) is 18.1. The molecular formula is C22H23F3N4O3. The number of hydrogen-bond acceptors (Lipinski definition) is 5. The van der Waals surface area contributed by atoms with Crippen molar-refractivity contribution in [3.8, 4) is 11.1 Å². The molecule has 1 amide bonds. The molecule has 0 aliphatic rings. The molecule has 0 radical (unpaired) electrons. The number of halogens is 3. The minimum Gasteiger partial charge on any atom is -0.424 e. The van der Waals surface area contributed by atoms with E-state index in [1.165, 1.54) is 18.3 Å². The summed E-state index contributed by atoms with van der Waals surface area (Å²) in [6, 6.07) is 4.45. The summed E-state index contributed by atoms with van der Waals surface area (Å²) in [5.41, 5.74) is -1.07. The lowest BCUT2D eigenvalue weighted by Crippen LogP contribution is -2.31. The third-order valence-corrected chi connectivity index (χ3v) is 5.25. The van der Waals surface area contributed by atoms with Crippen LogP contribution in [0.4, 0.5) is 13.2 Å². The van der Waals surface area contributed by atoms with Crippen molar-refractivity contribution in [1.29, 1.82) is 0 Å². The average molecular weight is 448 g/mol. The van der Waals surface area contributed by atoms with E-state index in [1.807, 2.05) is 13.8 Å². The van der Waals surface area contributed by atoms with E-state index >= 15 is 0 Å². The standard InChI is InChI=1S/C22H23F3N4O3/c1-5-12(2)29-11-17(21(31)26-10-18-28-27-14(4)32-18)20(30)19(13(29)3)15-7-6-8-16(9-15)22(23,24)25/h6-9,11-12H,5,10H2,1-4H3,(H,26,31). The van der Waals surface area contributed by atoms with Gasteiger partial charge in [0.1, 0.15) is 5.56 Å². The number of carbonyl (C=O) groups is 1. The Morgan fingerprint density at radius 3 is 2.56 bits per heavy atom. The molecule has 3 aromatic rings. The average Bonchev–Trinajstić information content (AvgIpc) is 3.16. The van der Waals surface area contributed by atoms with E-state index in [0.29, 0.717) is 18.0 Å². The van der Waals surface area contributed by atoms with Crippen molar-refractivity contribution in [2.24, 2.45) is 0 Å². The Balaban J connectivity index is 2.11. The molecule has 0 aliphatic carbocycles. The molecule has 3 rings (SSSR count). The lowest BCUT2D eigenvalue weighted by atomic mass is 9.98. The Morgan fingerprint density at radius 2 is 1.97 bits per heavy atom. The van der Waals surface area contributed by atoms with Crippen molar-refractivity contribution in [2.45, 2.75) is 52.9 Å². The van der Waals surface area contributed by atoms with Gasteiger partial charge in [0.15, 0.2) is 0 Å². The Hall–Kier alpha value is -3.43. The maximum atomic E-state index is 13.3. The van der Waals surface area contributed by atoms with E-state index in [9.17, 15) is 22.8 Å². The number of rotatable bonds is 6. The van der Waals surface area contributed by atoms with Crippen LogP contribution in [0, 0.1) is 13.8 Å². The summed E-state index contributed by atoms with van der Waals surface area (Å²) in [6.45, 7) is 7.01. The van der Waals surface area contributed by atoms with Gasteiger partial charge in [0.25, 0.3) is 5.91 Å². The van der Waals surface area contributed by atoms with Gasteiger partial charge in [-0.15, -0.1) is 10.2 Å². The highest BCUT2D eigenvalue weighted by Gasteiger charge is 2.31. The van der Waals surface area contributed by atoms with Gasteiger partial charge < -0.3 is 14.3 Å². The van der Waals surface area contributed by atoms with Gasteiger partial charge in [-0.25, -0.2) is 0 Å². The van der Waals surface area contributed by atoms with Gasteiger partial charge >= 0.3 is 6.18 Å². The third-order valence-electron chi connectivity index (χ3n) is 5.25. The quantitative estimate of drug-likeness (QED) is 0.602. The molecule has 0 spiro atoms. The van der Waals surface area contributed by atoms with Crippen LogP contribution in [0.5, 0.6) is 0 Å². The van der Waals surface area contributed by atoms with Crippen molar-refractivity contribution in [3.05, 3.63) is 69.3 Å². The molecule has 2 aromatic heterocycles. The second-order valence-electron chi connectivity index (χ2n) is 7.47. The second-order valence-corrected chi connectivity index (χ2v) is 7.47. The molecule has 0 aliphatic heterocycles. The molecule has 10 heteroatoms. The molecule has 1 aromatic carbocycles. The molecule has 32 heavy (non-hydrogen) atoms. The Labute approximate surface area is 182 Å².